The van der Waals surface area contributed by atoms with Crippen molar-refractivity contribution >= 4 is 5.91 Å². The Morgan fingerprint density at radius 3 is 2.81 bits per heavy atom. The summed E-state index contributed by atoms with van der Waals surface area (Å²) in [6, 6.07) is 6.51. The Balaban J connectivity index is 1.51. The molecule has 0 unspecified atom stereocenters. The molecule has 0 bridgehead atoms. The lowest BCUT2D eigenvalue weighted by molar-refractivity contribution is -0.130. The van der Waals surface area contributed by atoms with Crippen molar-refractivity contribution in [2.45, 2.75) is 31.8 Å². The lowest BCUT2D eigenvalue weighted by atomic mass is 10.2. The van der Waals surface area contributed by atoms with Gasteiger partial charge in [0.15, 0.2) is 11.5 Å². The number of hydrogen-bond acceptors (Lipinski definition) is 4. The van der Waals surface area contributed by atoms with Crippen LogP contribution >= 0.6 is 0 Å². The Labute approximate surface area is 125 Å². The molecule has 5 heteroatoms. The van der Waals surface area contributed by atoms with E-state index in [2.05, 4.69) is 5.32 Å². The van der Waals surface area contributed by atoms with Crippen LogP contribution in [0, 0.1) is 0 Å². The summed E-state index contributed by atoms with van der Waals surface area (Å²) in [5.74, 6) is 1.72. The monoisotopic (exact) mass is 290 g/mol. The van der Waals surface area contributed by atoms with Crippen molar-refractivity contribution in [3.8, 4) is 11.5 Å². The van der Waals surface area contributed by atoms with Gasteiger partial charge in [-0.1, -0.05) is 6.07 Å². The Kier molecular flexibility index (Phi) is 4.29. The first-order valence-electron chi connectivity index (χ1n) is 7.58. The smallest absolute Gasteiger partial charge is 0.223 e. The molecular formula is C16H22N2O3. The number of carbonyl (C=O) groups is 1. The summed E-state index contributed by atoms with van der Waals surface area (Å²) < 4.78 is 11.1. The van der Waals surface area contributed by atoms with Gasteiger partial charge in [-0.2, -0.15) is 0 Å². The van der Waals surface area contributed by atoms with Gasteiger partial charge in [0.1, 0.15) is 13.2 Å². The molecule has 1 fully saturated rings. The van der Waals surface area contributed by atoms with Gasteiger partial charge in [0.2, 0.25) is 5.91 Å². The molecule has 1 aromatic rings. The fourth-order valence-corrected chi connectivity index (χ4v) is 2.41. The highest BCUT2D eigenvalue weighted by Gasteiger charge is 2.20. The third kappa shape index (κ3) is 3.88. The lowest BCUT2D eigenvalue weighted by Gasteiger charge is -2.21. The number of carbonyl (C=O) groups excluding carboxylic acids is 1. The van der Waals surface area contributed by atoms with E-state index < -0.39 is 0 Å². The van der Waals surface area contributed by atoms with Gasteiger partial charge in [-0.15, -0.1) is 0 Å². The molecule has 21 heavy (non-hydrogen) atoms. The number of amides is 1. The predicted molar refractivity (Wildman–Crippen MR) is 79.5 cm³/mol. The highest BCUT2D eigenvalue weighted by atomic mass is 16.6. The summed E-state index contributed by atoms with van der Waals surface area (Å²) in [7, 11) is 1.84. The van der Waals surface area contributed by atoms with Gasteiger partial charge in [0, 0.05) is 32.6 Å². The average Bonchev–Trinajstić information content (AvgIpc) is 3.31. The van der Waals surface area contributed by atoms with Crippen LogP contribution < -0.4 is 14.8 Å². The highest BCUT2D eigenvalue weighted by molar-refractivity contribution is 5.76. The van der Waals surface area contributed by atoms with Crippen LogP contribution in [-0.4, -0.2) is 43.7 Å². The van der Waals surface area contributed by atoms with E-state index >= 15 is 0 Å². The van der Waals surface area contributed by atoms with Crippen LogP contribution in [0.2, 0.25) is 0 Å². The minimum absolute atomic E-state index is 0.165. The third-order valence-electron chi connectivity index (χ3n) is 3.80. The fourth-order valence-electron chi connectivity index (χ4n) is 2.41. The van der Waals surface area contributed by atoms with Crippen LogP contribution in [0.4, 0.5) is 0 Å². The highest BCUT2D eigenvalue weighted by Crippen LogP contribution is 2.31. The first-order valence-corrected chi connectivity index (χ1v) is 7.58. The molecule has 0 radical (unpaired) electrons. The van der Waals surface area contributed by atoms with Gasteiger partial charge in [0.05, 0.1) is 0 Å². The molecule has 1 aliphatic heterocycles. The summed E-state index contributed by atoms with van der Waals surface area (Å²) in [5.41, 5.74) is 1.06. The summed E-state index contributed by atoms with van der Waals surface area (Å²) in [4.78, 5) is 13.8. The topological polar surface area (TPSA) is 50.8 Å². The van der Waals surface area contributed by atoms with Gasteiger partial charge in [-0.3, -0.25) is 4.79 Å². The third-order valence-corrected chi connectivity index (χ3v) is 3.80. The maximum Gasteiger partial charge on any atom is 0.223 e. The molecule has 5 nitrogen and oxygen atoms in total. The number of fused-ring (bicyclic) bond motifs is 1. The number of nitrogens with one attached hydrogen (secondary N) is 1. The maximum absolute atomic E-state index is 12.1. The second kappa shape index (κ2) is 6.35. The largest absolute Gasteiger partial charge is 0.486 e. The minimum Gasteiger partial charge on any atom is -0.486 e. The normalized spacial score (nSPS) is 16.6. The minimum atomic E-state index is 0.165. The number of hydrogen-bond donors (Lipinski definition) is 1. The van der Waals surface area contributed by atoms with Crippen molar-refractivity contribution in [3.63, 3.8) is 0 Å². The fraction of sp³-hybridized carbons (Fsp3) is 0.562. The van der Waals surface area contributed by atoms with Gasteiger partial charge >= 0.3 is 0 Å². The molecule has 1 saturated carbocycles. The zero-order valence-corrected chi connectivity index (χ0v) is 12.4. The van der Waals surface area contributed by atoms with Gasteiger partial charge in [-0.25, -0.2) is 0 Å². The lowest BCUT2D eigenvalue weighted by Crippen LogP contribution is -2.30. The van der Waals surface area contributed by atoms with E-state index in [4.69, 9.17) is 9.47 Å². The summed E-state index contributed by atoms with van der Waals surface area (Å²) in [5, 5.41) is 3.36. The van der Waals surface area contributed by atoms with Crippen molar-refractivity contribution in [3.05, 3.63) is 23.8 Å². The number of rotatable bonds is 6. The molecule has 0 aromatic heterocycles. The van der Waals surface area contributed by atoms with E-state index in [1.165, 1.54) is 12.8 Å². The number of ether oxygens (including phenoxy) is 2. The Morgan fingerprint density at radius 2 is 2.05 bits per heavy atom. The van der Waals surface area contributed by atoms with E-state index in [9.17, 15) is 4.79 Å². The molecule has 3 rings (SSSR count). The van der Waals surface area contributed by atoms with Crippen LogP contribution in [0.25, 0.3) is 0 Å². The Hall–Kier alpha value is -1.75. The second-order valence-corrected chi connectivity index (χ2v) is 5.71. The molecule has 1 amide bonds. The van der Waals surface area contributed by atoms with E-state index in [1.54, 1.807) is 4.90 Å². The van der Waals surface area contributed by atoms with Crippen molar-refractivity contribution in [1.29, 1.82) is 0 Å². The van der Waals surface area contributed by atoms with Crippen LogP contribution in [-0.2, 0) is 11.3 Å². The summed E-state index contributed by atoms with van der Waals surface area (Å²) in [6.45, 7) is 2.55. The van der Waals surface area contributed by atoms with Crippen LogP contribution in [0.3, 0.4) is 0 Å². The molecule has 0 spiro atoms. The van der Waals surface area contributed by atoms with Crippen molar-refractivity contribution in [1.82, 2.24) is 10.2 Å². The van der Waals surface area contributed by atoms with Crippen LogP contribution in [0.1, 0.15) is 24.8 Å². The molecule has 2 aliphatic rings. The first-order chi connectivity index (χ1) is 10.2. The molecule has 1 aromatic carbocycles. The molecule has 0 atom stereocenters. The van der Waals surface area contributed by atoms with E-state index in [0.717, 1.165) is 23.6 Å². The SMILES string of the molecule is CN(Cc1ccc2c(c1)OCCO2)C(=O)CCNC1CC1. The molecule has 114 valence electrons. The quantitative estimate of drug-likeness (QED) is 0.864. The van der Waals surface area contributed by atoms with Crippen LogP contribution in [0.5, 0.6) is 11.5 Å². The molecule has 1 heterocycles. The first kappa shape index (κ1) is 14.2. The number of nitrogens with zero attached hydrogens (tertiary/aromatic N) is 1. The summed E-state index contributed by atoms with van der Waals surface area (Å²) in [6.07, 6.45) is 3.06. The Morgan fingerprint density at radius 1 is 1.29 bits per heavy atom. The summed E-state index contributed by atoms with van der Waals surface area (Å²) >= 11 is 0. The number of benzene rings is 1. The molecule has 1 N–H and O–H groups in total. The van der Waals surface area contributed by atoms with Crippen molar-refractivity contribution in [2.75, 3.05) is 26.8 Å². The van der Waals surface area contributed by atoms with Crippen LogP contribution in [0.15, 0.2) is 18.2 Å². The van der Waals surface area contributed by atoms with Gasteiger partial charge in [-0.05, 0) is 30.5 Å². The Bertz CT molecular complexity index is 514. The van der Waals surface area contributed by atoms with E-state index in [-0.39, 0.29) is 5.91 Å². The molecule has 1 aliphatic carbocycles. The zero-order chi connectivity index (χ0) is 14.7. The van der Waals surface area contributed by atoms with Gasteiger partial charge < -0.3 is 19.7 Å². The van der Waals surface area contributed by atoms with E-state index in [1.807, 2.05) is 25.2 Å². The standard InChI is InChI=1S/C16H22N2O3/c1-18(16(19)6-7-17-13-3-4-13)11-12-2-5-14-15(10-12)21-9-8-20-14/h2,5,10,13,17H,3-4,6-9,11H2,1H3. The zero-order valence-electron chi connectivity index (χ0n) is 12.4. The molecular weight excluding hydrogens is 268 g/mol. The molecule has 0 saturated heterocycles. The maximum atomic E-state index is 12.1. The van der Waals surface area contributed by atoms with Crippen molar-refractivity contribution < 1.29 is 14.3 Å². The van der Waals surface area contributed by atoms with Crippen molar-refractivity contribution in [2.24, 2.45) is 0 Å². The van der Waals surface area contributed by atoms with Gasteiger partial charge in [0.25, 0.3) is 0 Å². The predicted octanol–water partition coefficient (Wildman–Crippen LogP) is 1.56. The average molecular weight is 290 g/mol. The van der Waals surface area contributed by atoms with E-state index in [0.29, 0.717) is 32.2 Å². The second-order valence-electron chi connectivity index (χ2n) is 5.71.